The van der Waals surface area contributed by atoms with Crippen molar-refractivity contribution < 1.29 is 66.9 Å². The first kappa shape index (κ1) is 42.7. The van der Waals surface area contributed by atoms with Gasteiger partial charge in [-0.3, -0.25) is 10.2 Å². The van der Waals surface area contributed by atoms with Gasteiger partial charge in [0.1, 0.15) is 0 Å². The minimum Gasteiger partial charge on any atom is -1.00 e. The normalized spacial score (nSPS) is 5.89. The molecule has 0 fully saturated rings. The number of rotatable bonds is 2. The van der Waals surface area contributed by atoms with Crippen molar-refractivity contribution in [2.24, 2.45) is 0 Å². The summed E-state index contributed by atoms with van der Waals surface area (Å²) in [6.07, 6.45) is 8.27. The molecule has 2 aromatic rings. The van der Waals surface area contributed by atoms with Crippen LogP contribution < -0.4 is 49.4 Å². The first-order valence-electron chi connectivity index (χ1n) is 3.40. The SMILES string of the molecule is N.N.N.N.[Cl-].[Cl-].[Pt+2].[Pt+2].c1n[nH]cc1Cc1cn[nH]c1. The van der Waals surface area contributed by atoms with Crippen LogP contribution in [-0.2, 0) is 48.6 Å². The van der Waals surface area contributed by atoms with E-state index in [0.717, 1.165) is 6.42 Å². The van der Waals surface area contributed by atoms with Crippen molar-refractivity contribution in [3.63, 3.8) is 0 Å². The van der Waals surface area contributed by atoms with Crippen LogP contribution in [0.3, 0.4) is 0 Å². The molecule has 0 aromatic carbocycles. The fraction of sp³-hybridized carbons (Fsp3) is 0.143. The van der Waals surface area contributed by atoms with E-state index >= 15 is 0 Å². The number of nitrogens with zero attached hydrogens (tertiary/aromatic N) is 2. The van der Waals surface area contributed by atoms with Crippen molar-refractivity contribution >= 4 is 0 Å². The molecule has 0 radical (unpaired) electrons. The molecule has 0 aliphatic heterocycles. The molecule has 2 heterocycles. The average molecular weight is 677 g/mol. The van der Waals surface area contributed by atoms with Crippen LogP contribution in [0.5, 0.6) is 0 Å². The summed E-state index contributed by atoms with van der Waals surface area (Å²) in [5, 5.41) is 13.2. The molecule has 0 amide bonds. The van der Waals surface area contributed by atoms with Gasteiger partial charge >= 0.3 is 42.1 Å². The Labute approximate surface area is 153 Å². The molecule has 0 saturated carbocycles. The second-order valence-electron chi connectivity index (χ2n) is 2.39. The van der Waals surface area contributed by atoms with Crippen LogP contribution >= 0.6 is 0 Å². The first-order valence-corrected chi connectivity index (χ1v) is 3.40. The molecule has 0 atom stereocenters. The minimum atomic E-state index is 0. The number of H-pyrrole nitrogens is 2. The van der Waals surface area contributed by atoms with E-state index in [-0.39, 0.29) is 91.5 Å². The van der Waals surface area contributed by atoms with Gasteiger partial charge in [0, 0.05) is 18.8 Å². The molecule has 19 heavy (non-hydrogen) atoms. The van der Waals surface area contributed by atoms with Crippen LogP contribution in [0.25, 0.3) is 0 Å². The molecule has 2 aromatic heterocycles. The zero-order valence-corrected chi connectivity index (χ0v) is 16.2. The molecular formula is C7H20Cl2N8Pt2+2. The van der Waals surface area contributed by atoms with E-state index in [4.69, 9.17) is 0 Å². The topological polar surface area (TPSA) is 197 Å². The van der Waals surface area contributed by atoms with Gasteiger partial charge in [-0.1, -0.05) is 0 Å². The van der Waals surface area contributed by atoms with Crippen LogP contribution in [0, 0.1) is 0 Å². The van der Waals surface area contributed by atoms with Gasteiger partial charge in [0.15, 0.2) is 0 Å². The Kier molecular flexibility index (Phi) is 52.4. The van der Waals surface area contributed by atoms with E-state index in [1.165, 1.54) is 11.1 Å². The van der Waals surface area contributed by atoms with Crippen molar-refractivity contribution in [2.45, 2.75) is 6.42 Å². The van der Waals surface area contributed by atoms with Crippen LogP contribution in [0.4, 0.5) is 0 Å². The maximum Gasteiger partial charge on any atom is 2.00 e. The third-order valence-corrected chi connectivity index (χ3v) is 1.52. The monoisotopic (exact) mass is 676 g/mol. The molecule has 0 spiro atoms. The maximum atomic E-state index is 3.85. The van der Waals surface area contributed by atoms with Crippen LogP contribution in [0.1, 0.15) is 11.1 Å². The Hall–Kier alpha value is 0.217. The van der Waals surface area contributed by atoms with Gasteiger partial charge in [0.05, 0.1) is 12.4 Å². The quantitative estimate of drug-likeness (QED) is 0.185. The van der Waals surface area contributed by atoms with Crippen molar-refractivity contribution in [3.05, 3.63) is 35.9 Å². The summed E-state index contributed by atoms with van der Waals surface area (Å²) in [6.45, 7) is 0. The summed E-state index contributed by atoms with van der Waals surface area (Å²) in [7, 11) is 0. The molecule has 0 aliphatic carbocycles. The Balaban J connectivity index is -0.0000000360. The van der Waals surface area contributed by atoms with E-state index in [1.807, 2.05) is 24.8 Å². The van der Waals surface area contributed by atoms with Gasteiger partial charge in [0.2, 0.25) is 0 Å². The molecule has 0 aliphatic rings. The summed E-state index contributed by atoms with van der Waals surface area (Å²) in [4.78, 5) is 0. The third kappa shape index (κ3) is 14.4. The molecule has 120 valence electrons. The molecule has 12 heteroatoms. The van der Waals surface area contributed by atoms with E-state index in [9.17, 15) is 0 Å². The summed E-state index contributed by atoms with van der Waals surface area (Å²) < 4.78 is 0. The van der Waals surface area contributed by atoms with Gasteiger partial charge in [-0.05, 0) is 11.1 Å². The summed E-state index contributed by atoms with van der Waals surface area (Å²) in [5.41, 5.74) is 2.35. The summed E-state index contributed by atoms with van der Waals surface area (Å²) >= 11 is 0. The van der Waals surface area contributed by atoms with Crippen molar-refractivity contribution in [3.8, 4) is 0 Å². The predicted molar refractivity (Wildman–Crippen MR) is 60.1 cm³/mol. The van der Waals surface area contributed by atoms with Gasteiger partial charge in [-0.25, -0.2) is 0 Å². The van der Waals surface area contributed by atoms with E-state index in [1.54, 1.807) is 0 Å². The number of hydrogen-bond acceptors (Lipinski definition) is 6. The summed E-state index contributed by atoms with van der Waals surface area (Å²) in [5.74, 6) is 0. The smallest absolute Gasteiger partial charge is 1.00 e. The predicted octanol–water partition coefficient (Wildman–Crippen LogP) is -4.63. The Morgan fingerprint density at radius 3 is 1.26 bits per heavy atom. The molecule has 8 nitrogen and oxygen atoms in total. The first-order chi connectivity index (χ1) is 5.45. The Morgan fingerprint density at radius 2 is 1.05 bits per heavy atom. The van der Waals surface area contributed by atoms with Gasteiger partial charge < -0.3 is 49.4 Å². The number of aromatic nitrogens is 4. The molecular weight excluding hydrogens is 657 g/mol. The van der Waals surface area contributed by atoms with E-state index in [0.29, 0.717) is 0 Å². The molecule has 0 unspecified atom stereocenters. The van der Waals surface area contributed by atoms with Crippen LogP contribution in [0.15, 0.2) is 24.8 Å². The van der Waals surface area contributed by atoms with Gasteiger partial charge in [-0.15, -0.1) is 0 Å². The fourth-order valence-corrected chi connectivity index (χ4v) is 0.984. The molecule has 14 N–H and O–H groups in total. The van der Waals surface area contributed by atoms with Crippen molar-refractivity contribution in [1.82, 2.24) is 45.0 Å². The standard InChI is InChI=1S/C7H8N4.2ClH.4H3N.2Pt/c1(6-2-8-9-3-6)7-4-10-11-5-7;;;;;;;;/h2-5H,1H2,(H,8,9)(H,10,11);2*1H;4*1H3;;/q;;;;;;;2*+2/p-2. The maximum absolute atomic E-state index is 3.85. The Morgan fingerprint density at radius 1 is 0.737 bits per heavy atom. The number of hydrogen-bond donors (Lipinski definition) is 6. The van der Waals surface area contributed by atoms with E-state index in [2.05, 4.69) is 20.4 Å². The van der Waals surface area contributed by atoms with Crippen LogP contribution in [0.2, 0.25) is 0 Å². The third-order valence-electron chi connectivity index (χ3n) is 1.52. The second-order valence-corrected chi connectivity index (χ2v) is 2.39. The average Bonchev–Trinajstić information content (AvgIpc) is 2.60. The van der Waals surface area contributed by atoms with Crippen molar-refractivity contribution in [1.29, 1.82) is 0 Å². The second kappa shape index (κ2) is 23.3. The fourth-order valence-electron chi connectivity index (χ4n) is 0.984. The van der Waals surface area contributed by atoms with Crippen LogP contribution in [-0.4, -0.2) is 20.4 Å². The number of nitrogens with one attached hydrogen (secondary N) is 2. The summed E-state index contributed by atoms with van der Waals surface area (Å²) in [6, 6.07) is 0. The number of aromatic amines is 2. The van der Waals surface area contributed by atoms with Crippen molar-refractivity contribution in [2.75, 3.05) is 0 Å². The van der Waals surface area contributed by atoms with E-state index < -0.39 is 0 Å². The van der Waals surface area contributed by atoms with Gasteiger partial charge in [0.25, 0.3) is 0 Å². The zero-order valence-electron chi connectivity index (χ0n) is 10.1. The minimum absolute atomic E-state index is 0. The number of halogens is 2. The molecule has 2 rings (SSSR count). The molecule has 0 saturated heterocycles. The largest absolute Gasteiger partial charge is 2.00 e. The zero-order chi connectivity index (χ0) is 7.52. The van der Waals surface area contributed by atoms with Gasteiger partial charge in [-0.2, -0.15) is 10.2 Å². The Bertz CT molecular complexity index is 285. The molecule has 0 bridgehead atoms.